The van der Waals surface area contributed by atoms with Gasteiger partial charge in [0.1, 0.15) is 18.1 Å². The van der Waals surface area contributed by atoms with E-state index in [4.69, 9.17) is 5.73 Å². The number of nitro groups is 1. The van der Waals surface area contributed by atoms with E-state index >= 15 is 0 Å². The zero-order valence-corrected chi connectivity index (χ0v) is 18.7. The van der Waals surface area contributed by atoms with Crippen molar-refractivity contribution < 1.29 is 24.1 Å². The predicted molar refractivity (Wildman–Crippen MR) is 117 cm³/mol. The van der Waals surface area contributed by atoms with E-state index in [-0.39, 0.29) is 11.6 Å². The minimum atomic E-state index is -0.953. The van der Waals surface area contributed by atoms with E-state index < -0.39 is 52.7 Å². The zero-order chi connectivity index (χ0) is 24.6. The van der Waals surface area contributed by atoms with Crippen LogP contribution in [0.25, 0.3) is 0 Å². The van der Waals surface area contributed by atoms with E-state index in [1.807, 2.05) is 0 Å². The molecule has 1 aromatic rings. The topological polar surface area (TPSA) is 186 Å². The van der Waals surface area contributed by atoms with Crippen LogP contribution in [0.3, 0.4) is 0 Å². The third-order valence-electron chi connectivity index (χ3n) is 4.51. The lowest BCUT2D eigenvalue weighted by Crippen LogP contribution is -2.57. The molecule has 0 saturated heterocycles. The van der Waals surface area contributed by atoms with Gasteiger partial charge < -0.3 is 27.0 Å². The summed E-state index contributed by atoms with van der Waals surface area (Å²) in [5.41, 5.74) is 5.67. The summed E-state index contributed by atoms with van der Waals surface area (Å²) in [7, 11) is 0. The molecule has 0 fully saturated rings. The van der Waals surface area contributed by atoms with Crippen LogP contribution in [0.15, 0.2) is 24.3 Å². The molecular weight excluding hydrogens is 420 g/mol. The van der Waals surface area contributed by atoms with Gasteiger partial charge in [0.15, 0.2) is 0 Å². The third kappa shape index (κ3) is 7.95. The first-order chi connectivity index (χ1) is 14.8. The van der Waals surface area contributed by atoms with Crippen molar-refractivity contribution in [3.8, 4) is 0 Å². The average molecular weight is 450 g/mol. The summed E-state index contributed by atoms with van der Waals surface area (Å²) in [6.07, 6.45) is 0. The minimum absolute atomic E-state index is 0.119. The molecule has 0 saturated carbocycles. The third-order valence-corrected chi connectivity index (χ3v) is 4.51. The van der Waals surface area contributed by atoms with Crippen molar-refractivity contribution in [1.82, 2.24) is 16.0 Å². The van der Waals surface area contributed by atoms with Gasteiger partial charge in [-0.05, 0) is 38.8 Å². The van der Waals surface area contributed by atoms with Crippen LogP contribution in [0.4, 0.5) is 11.4 Å². The van der Waals surface area contributed by atoms with Crippen molar-refractivity contribution in [2.45, 2.75) is 58.8 Å². The predicted octanol–water partition coefficient (Wildman–Crippen LogP) is 0.0307. The van der Waals surface area contributed by atoms with Gasteiger partial charge >= 0.3 is 0 Å². The number of nitrogens with two attached hydrogens (primary N) is 1. The maximum Gasteiger partial charge on any atom is 0.269 e. The number of nitro benzene ring substituents is 1. The van der Waals surface area contributed by atoms with Crippen LogP contribution in [0, 0.1) is 16.0 Å². The lowest BCUT2D eigenvalue weighted by Gasteiger charge is -2.25. The van der Waals surface area contributed by atoms with Crippen molar-refractivity contribution in [3.05, 3.63) is 34.4 Å². The smallest absolute Gasteiger partial charge is 0.269 e. The highest BCUT2D eigenvalue weighted by molar-refractivity contribution is 5.98. The normalized spacial score (nSPS) is 14.5. The Bertz CT molecular complexity index is 855. The minimum Gasteiger partial charge on any atom is -0.343 e. The number of carbonyl (C=O) groups is 4. The molecule has 0 aromatic heterocycles. The number of hydrogen-bond donors (Lipinski definition) is 5. The highest BCUT2D eigenvalue weighted by Crippen LogP contribution is 2.15. The maximum atomic E-state index is 12.7. The number of nitrogens with zero attached hydrogens (tertiary/aromatic N) is 1. The van der Waals surface area contributed by atoms with Gasteiger partial charge in [0.2, 0.25) is 23.6 Å². The molecule has 0 bridgehead atoms. The van der Waals surface area contributed by atoms with E-state index in [0.717, 1.165) is 0 Å². The van der Waals surface area contributed by atoms with Crippen LogP contribution < -0.4 is 27.0 Å². The van der Waals surface area contributed by atoms with Crippen molar-refractivity contribution in [1.29, 1.82) is 0 Å². The number of benzene rings is 1. The molecule has 12 nitrogen and oxygen atoms in total. The number of non-ortho nitro benzene ring substituents is 1. The first kappa shape index (κ1) is 26.5. The maximum absolute atomic E-state index is 12.7. The van der Waals surface area contributed by atoms with Gasteiger partial charge in [-0.1, -0.05) is 13.8 Å². The number of carbonyl (C=O) groups excluding carboxylic acids is 4. The molecule has 0 aliphatic heterocycles. The largest absolute Gasteiger partial charge is 0.343 e. The molecule has 0 unspecified atom stereocenters. The highest BCUT2D eigenvalue weighted by atomic mass is 16.6. The Morgan fingerprint density at radius 2 is 1.31 bits per heavy atom. The Balaban J connectivity index is 2.71. The lowest BCUT2D eigenvalue weighted by atomic mass is 10.0. The molecule has 6 N–H and O–H groups in total. The van der Waals surface area contributed by atoms with Gasteiger partial charge in [-0.25, -0.2) is 0 Å². The Morgan fingerprint density at radius 3 is 1.78 bits per heavy atom. The van der Waals surface area contributed by atoms with Crippen molar-refractivity contribution >= 4 is 35.0 Å². The van der Waals surface area contributed by atoms with E-state index in [2.05, 4.69) is 21.3 Å². The summed E-state index contributed by atoms with van der Waals surface area (Å²) in [4.78, 5) is 59.2. The molecule has 0 aliphatic carbocycles. The highest BCUT2D eigenvalue weighted by Gasteiger charge is 2.29. The molecule has 0 radical (unpaired) electrons. The Hall–Kier alpha value is -3.54. The van der Waals surface area contributed by atoms with Crippen LogP contribution in [0.1, 0.15) is 34.6 Å². The molecule has 1 aromatic carbocycles. The van der Waals surface area contributed by atoms with E-state index in [9.17, 15) is 29.3 Å². The van der Waals surface area contributed by atoms with Crippen LogP contribution in [0.5, 0.6) is 0 Å². The quantitative estimate of drug-likeness (QED) is 0.246. The summed E-state index contributed by atoms with van der Waals surface area (Å²) in [5.74, 6) is -2.50. The van der Waals surface area contributed by atoms with E-state index in [0.29, 0.717) is 5.69 Å². The fourth-order valence-corrected chi connectivity index (χ4v) is 2.51. The van der Waals surface area contributed by atoms with Crippen molar-refractivity contribution in [2.75, 3.05) is 5.32 Å². The number of amides is 4. The standard InChI is InChI=1S/C20H30N6O6/c1-10(2)16(25-19(29)13(5)22-17(27)11(3)21)20(30)23-12(4)18(28)24-14-6-8-15(9-7-14)26(31)32/h6-13,16H,21H2,1-5H3,(H,22,27)(H,23,30)(H,24,28)(H,25,29)/t11-,12-,13-,16-/m0/s1. The van der Waals surface area contributed by atoms with Gasteiger partial charge in [-0.3, -0.25) is 29.3 Å². The Labute approximate surface area is 185 Å². The SMILES string of the molecule is CC(C)[C@H](NC(=O)[C@H](C)NC(=O)[C@H](C)N)C(=O)N[C@@H](C)C(=O)Nc1ccc([N+](=O)[O-])cc1. The zero-order valence-electron chi connectivity index (χ0n) is 18.7. The van der Waals surface area contributed by atoms with Gasteiger partial charge in [-0.15, -0.1) is 0 Å². The van der Waals surface area contributed by atoms with Crippen molar-refractivity contribution in [2.24, 2.45) is 11.7 Å². The number of hydrogen-bond acceptors (Lipinski definition) is 7. The van der Waals surface area contributed by atoms with Crippen LogP contribution in [0.2, 0.25) is 0 Å². The second-order valence-electron chi connectivity index (χ2n) is 7.77. The molecule has 32 heavy (non-hydrogen) atoms. The second kappa shape index (κ2) is 11.7. The first-order valence-electron chi connectivity index (χ1n) is 10.1. The van der Waals surface area contributed by atoms with Gasteiger partial charge in [0.05, 0.1) is 11.0 Å². The fraction of sp³-hybridized carbons (Fsp3) is 0.500. The van der Waals surface area contributed by atoms with Gasteiger partial charge in [0.25, 0.3) is 5.69 Å². The average Bonchev–Trinajstić information content (AvgIpc) is 2.71. The number of nitrogens with one attached hydrogen (secondary N) is 4. The van der Waals surface area contributed by atoms with E-state index in [1.54, 1.807) is 13.8 Å². The molecule has 176 valence electrons. The lowest BCUT2D eigenvalue weighted by molar-refractivity contribution is -0.384. The van der Waals surface area contributed by atoms with Crippen molar-refractivity contribution in [3.63, 3.8) is 0 Å². The van der Waals surface area contributed by atoms with Crippen LogP contribution >= 0.6 is 0 Å². The number of anilines is 1. The molecule has 4 atom stereocenters. The number of rotatable bonds is 10. The molecule has 0 aliphatic rings. The monoisotopic (exact) mass is 450 g/mol. The molecule has 0 heterocycles. The van der Waals surface area contributed by atoms with E-state index in [1.165, 1.54) is 45.0 Å². The molecule has 1 rings (SSSR count). The molecule has 0 spiro atoms. The molecular formula is C20H30N6O6. The summed E-state index contributed by atoms with van der Waals surface area (Å²) >= 11 is 0. The second-order valence-corrected chi connectivity index (χ2v) is 7.77. The molecule has 12 heteroatoms. The summed E-state index contributed by atoms with van der Waals surface area (Å²) in [5, 5.41) is 20.8. The Morgan fingerprint density at radius 1 is 0.812 bits per heavy atom. The van der Waals surface area contributed by atoms with Gasteiger partial charge in [0, 0.05) is 17.8 Å². The fourth-order valence-electron chi connectivity index (χ4n) is 2.51. The summed E-state index contributed by atoms with van der Waals surface area (Å²) < 4.78 is 0. The first-order valence-corrected chi connectivity index (χ1v) is 10.1. The molecule has 4 amide bonds. The van der Waals surface area contributed by atoms with Gasteiger partial charge in [-0.2, -0.15) is 0 Å². The van der Waals surface area contributed by atoms with Crippen LogP contribution in [-0.2, 0) is 19.2 Å². The van der Waals surface area contributed by atoms with Crippen LogP contribution in [-0.4, -0.2) is 52.7 Å². The Kier molecular flexibility index (Phi) is 9.72. The summed E-state index contributed by atoms with van der Waals surface area (Å²) in [6.45, 7) is 7.84. The summed E-state index contributed by atoms with van der Waals surface area (Å²) in [6, 6.07) is 1.63.